The van der Waals surface area contributed by atoms with Crippen molar-refractivity contribution in [3.8, 4) is 51.6 Å². The first-order valence-electron chi connectivity index (χ1n) is 15.6. The van der Waals surface area contributed by atoms with Crippen molar-refractivity contribution in [2.75, 3.05) is 0 Å². The fourth-order valence-electron chi connectivity index (χ4n) is 7.04. The summed E-state index contributed by atoms with van der Waals surface area (Å²) in [4.78, 5) is 14.7. The summed E-state index contributed by atoms with van der Waals surface area (Å²) in [6.07, 6.45) is 4.11. The molecule has 0 amide bonds. The van der Waals surface area contributed by atoms with Crippen LogP contribution in [0.25, 0.3) is 27.9 Å². The van der Waals surface area contributed by atoms with Crippen molar-refractivity contribution >= 4 is 22.3 Å². The summed E-state index contributed by atoms with van der Waals surface area (Å²) in [5.74, 6) is -2.38. The molecule has 0 saturated heterocycles. The molecule has 0 radical (unpaired) electrons. The smallest absolute Gasteiger partial charge is 0.174 e. The van der Waals surface area contributed by atoms with Gasteiger partial charge >= 0.3 is 0 Å². The molecule has 2 bridgehead atoms. The van der Waals surface area contributed by atoms with E-state index >= 15 is 0 Å². The third kappa shape index (κ3) is 5.17. The van der Waals surface area contributed by atoms with Crippen LogP contribution < -0.4 is 4.74 Å². The summed E-state index contributed by atoms with van der Waals surface area (Å²) in [5.41, 5.74) is 1.94. The fraction of sp³-hybridized carbons (Fsp3) is 0.205. The number of Topliss-reactive ketones (excluding diaryl/α,β-unsaturated/α-hetero) is 1. The lowest BCUT2D eigenvalue weighted by atomic mass is 9.64. The number of fused-ring (bicyclic) bond motifs is 5. The number of hydrogen-bond donors (Lipinski definition) is 6. The van der Waals surface area contributed by atoms with Gasteiger partial charge in [-0.3, -0.25) is 4.79 Å². The first-order chi connectivity index (χ1) is 22.8. The molecule has 1 aliphatic heterocycles. The van der Waals surface area contributed by atoms with Crippen LogP contribution in [-0.4, -0.2) is 42.0 Å². The van der Waals surface area contributed by atoms with E-state index in [1.54, 1.807) is 24.3 Å². The summed E-state index contributed by atoms with van der Waals surface area (Å²) in [6.45, 7) is 5.61. The largest absolute Gasteiger partial charge is 0.508 e. The van der Waals surface area contributed by atoms with Crippen molar-refractivity contribution in [3.05, 3.63) is 107 Å². The van der Waals surface area contributed by atoms with E-state index in [1.165, 1.54) is 48.5 Å². The molecule has 0 saturated carbocycles. The molecule has 6 N–H and O–H groups in total. The molecule has 3 atom stereocenters. The van der Waals surface area contributed by atoms with Gasteiger partial charge in [-0.2, -0.15) is 0 Å². The molecule has 3 unspecified atom stereocenters. The predicted molar refractivity (Wildman–Crippen MR) is 180 cm³/mol. The van der Waals surface area contributed by atoms with E-state index < -0.39 is 23.2 Å². The Bertz CT molecular complexity index is 2180. The van der Waals surface area contributed by atoms with E-state index in [1.807, 2.05) is 26.8 Å². The van der Waals surface area contributed by atoms with Crippen LogP contribution in [0, 0.1) is 5.92 Å². The number of phenolic OH excluding ortho intramolecular Hbond substituents is 6. The van der Waals surface area contributed by atoms with Gasteiger partial charge in [0, 0.05) is 34.6 Å². The van der Waals surface area contributed by atoms with Crippen LogP contribution in [0.5, 0.6) is 40.2 Å². The van der Waals surface area contributed by atoms with Gasteiger partial charge in [-0.15, -0.1) is 0 Å². The predicted octanol–water partition coefficient (Wildman–Crippen LogP) is 8.06. The number of carbonyl (C=O) groups excluding carboxylic acids is 1. The maximum absolute atomic E-state index is 14.7. The average Bonchev–Trinajstić information content (AvgIpc) is 3.43. The van der Waals surface area contributed by atoms with Gasteiger partial charge in [0.15, 0.2) is 5.78 Å². The minimum Gasteiger partial charge on any atom is -0.508 e. The Kier molecular flexibility index (Phi) is 7.16. The number of ketones is 1. The number of rotatable bonds is 6. The standard InChI is InChI=1S/C39H34O9/c1-19(2)4-8-25-29(42)11-10-26(37(25)45)38(46)35-27-17-39(3,48-34-16-23(41)7-9-24(27)34)18-28(35)36-30(43)12-21(13-31(36)44)32-14-20-5-6-22(40)15-33(20)47-32/h4-7,9-16,18,27,35,40-45H,8,17H2,1-3H3. The molecular weight excluding hydrogens is 612 g/mol. The molecule has 4 aromatic carbocycles. The Labute approximate surface area is 275 Å². The van der Waals surface area contributed by atoms with Crippen LogP contribution >= 0.6 is 0 Å². The SMILES string of the molecule is CC(C)=CCc1c(O)ccc(C(=O)C2C(c3c(O)cc(-c4cc5ccc(O)cc5o4)cc3O)=CC3(C)CC2c2ccc(O)cc2O3)c1O. The molecular formula is C39H34O9. The van der Waals surface area contributed by atoms with Crippen LogP contribution in [0.1, 0.15) is 60.2 Å². The number of benzene rings is 4. The summed E-state index contributed by atoms with van der Waals surface area (Å²) in [7, 11) is 0. The molecule has 2 heterocycles. The van der Waals surface area contributed by atoms with Gasteiger partial charge < -0.3 is 39.8 Å². The van der Waals surface area contributed by atoms with Crippen molar-refractivity contribution in [1.29, 1.82) is 0 Å². The van der Waals surface area contributed by atoms with Gasteiger partial charge in [-0.1, -0.05) is 17.7 Å². The molecule has 2 aliphatic rings. The maximum atomic E-state index is 14.7. The lowest BCUT2D eigenvalue weighted by Gasteiger charge is -2.46. The summed E-state index contributed by atoms with van der Waals surface area (Å²) in [5, 5.41) is 65.9. The molecule has 0 spiro atoms. The minimum atomic E-state index is -1.02. The van der Waals surface area contributed by atoms with Crippen molar-refractivity contribution < 1.29 is 44.6 Å². The number of carbonyl (C=O) groups is 1. The lowest BCUT2D eigenvalue weighted by Crippen LogP contribution is -2.44. The van der Waals surface area contributed by atoms with Gasteiger partial charge in [-0.05, 0) is 99.4 Å². The number of furan rings is 1. The van der Waals surface area contributed by atoms with E-state index in [4.69, 9.17) is 9.15 Å². The van der Waals surface area contributed by atoms with Crippen LogP contribution in [0.3, 0.4) is 0 Å². The van der Waals surface area contributed by atoms with E-state index in [0.29, 0.717) is 45.6 Å². The molecule has 9 heteroatoms. The highest BCUT2D eigenvalue weighted by Crippen LogP contribution is 2.57. The van der Waals surface area contributed by atoms with Gasteiger partial charge in [0.05, 0.1) is 17.0 Å². The quantitative estimate of drug-likeness (QED) is 0.0792. The molecule has 1 aliphatic carbocycles. The lowest BCUT2D eigenvalue weighted by molar-refractivity contribution is 0.0729. The second kappa shape index (κ2) is 11.2. The Balaban J connectivity index is 1.39. The Hall–Kier alpha value is -5.83. The molecule has 244 valence electrons. The Morgan fingerprint density at radius 3 is 2.31 bits per heavy atom. The van der Waals surface area contributed by atoms with Crippen molar-refractivity contribution in [3.63, 3.8) is 0 Å². The third-order valence-electron chi connectivity index (χ3n) is 9.26. The van der Waals surface area contributed by atoms with Crippen molar-refractivity contribution in [2.24, 2.45) is 5.92 Å². The number of ether oxygens (including phenoxy) is 1. The third-order valence-corrected chi connectivity index (χ3v) is 9.26. The second-order valence-corrected chi connectivity index (χ2v) is 13.1. The zero-order valence-electron chi connectivity index (χ0n) is 26.5. The minimum absolute atomic E-state index is 0.00354. The topological polar surface area (TPSA) is 161 Å². The number of phenols is 6. The molecule has 9 nitrogen and oxygen atoms in total. The average molecular weight is 647 g/mol. The van der Waals surface area contributed by atoms with Crippen LogP contribution in [0.2, 0.25) is 0 Å². The molecule has 48 heavy (non-hydrogen) atoms. The summed E-state index contributed by atoms with van der Waals surface area (Å²) < 4.78 is 12.2. The Morgan fingerprint density at radius 1 is 0.875 bits per heavy atom. The first-order valence-corrected chi connectivity index (χ1v) is 15.6. The second-order valence-electron chi connectivity index (χ2n) is 13.1. The van der Waals surface area contributed by atoms with E-state index in [9.17, 15) is 35.4 Å². The number of allylic oxidation sites excluding steroid dienone is 3. The zero-order chi connectivity index (χ0) is 34.1. The van der Waals surface area contributed by atoms with Gasteiger partial charge in [-0.25, -0.2) is 0 Å². The summed E-state index contributed by atoms with van der Waals surface area (Å²) in [6, 6.07) is 16.7. The highest BCUT2D eigenvalue weighted by atomic mass is 16.5. The molecule has 1 aromatic heterocycles. The van der Waals surface area contributed by atoms with Crippen LogP contribution in [0.4, 0.5) is 0 Å². The first kappa shape index (κ1) is 30.8. The van der Waals surface area contributed by atoms with Gasteiger partial charge in [0.1, 0.15) is 57.2 Å². The maximum Gasteiger partial charge on any atom is 0.174 e. The van der Waals surface area contributed by atoms with Crippen molar-refractivity contribution in [1.82, 2.24) is 0 Å². The highest BCUT2D eigenvalue weighted by molar-refractivity contribution is 6.09. The highest BCUT2D eigenvalue weighted by Gasteiger charge is 2.49. The monoisotopic (exact) mass is 646 g/mol. The van der Waals surface area contributed by atoms with Gasteiger partial charge in [0.2, 0.25) is 0 Å². The molecule has 5 aromatic rings. The molecule has 7 rings (SSSR count). The number of hydrogen-bond acceptors (Lipinski definition) is 9. The number of aromatic hydroxyl groups is 6. The summed E-state index contributed by atoms with van der Waals surface area (Å²) >= 11 is 0. The van der Waals surface area contributed by atoms with E-state index in [2.05, 4.69) is 0 Å². The van der Waals surface area contributed by atoms with Crippen LogP contribution in [-0.2, 0) is 6.42 Å². The van der Waals surface area contributed by atoms with E-state index in [-0.39, 0.29) is 57.6 Å². The fourth-order valence-corrected chi connectivity index (χ4v) is 7.04. The normalized spacial score (nSPS) is 19.7. The zero-order valence-corrected chi connectivity index (χ0v) is 26.5. The van der Waals surface area contributed by atoms with E-state index in [0.717, 1.165) is 5.57 Å². The molecule has 0 fully saturated rings. The van der Waals surface area contributed by atoms with Crippen LogP contribution in [0.15, 0.2) is 88.9 Å². The van der Waals surface area contributed by atoms with Gasteiger partial charge in [0.25, 0.3) is 0 Å². The van der Waals surface area contributed by atoms with Crippen molar-refractivity contribution in [2.45, 2.75) is 45.1 Å². The Morgan fingerprint density at radius 2 is 1.58 bits per heavy atom.